The molecule has 108 valence electrons. The molecule has 0 unspecified atom stereocenters. The maximum atomic E-state index is 11.1. The predicted molar refractivity (Wildman–Crippen MR) is 84.7 cm³/mol. The van der Waals surface area contributed by atoms with E-state index in [0.29, 0.717) is 5.56 Å². The van der Waals surface area contributed by atoms with Crippen LogP contribution >= 0.6 is 15.9 Å². The first-order valence-corrected chi connectivity index (χ1v) is 7.63. The van der Waals surface area contributed by atoms with Crippen molar-refractivity contribution in [3.8, 4) is 0 Å². The number of pyridine rings is 1. The zero-order valence-electron chi connectivity index (χ0n) is 11.4. The van der Waals surface area contributed by atoms with Gasteiger partial charge < -0.3 is 10.0 Å². The molecular formula is C16H15BrN2O2. The summed E-state index contributed by atoms with van der Waals surface area (Å²) in [4.78, 5) is 17.5. The summed E-state index contributed by atoms with van der Waals surface area (Å²) in [7, 11) is 0. The van der Waals surface area contributed by atoms with Crippen molar-refractivity contribution >= 4 is 27.6 Å². The molecule has 0 aliphatic carbocycles. The number of hydrogen-bond acceptors (Lipinski definition) is 3. The topological polar surface area (TPSA) is 53.4 Å². The monoisotopic (exact) mass is 346 g/mol. The van der Waals surface area contributed by atoms with E-state index in [-0.39, 0.29) is 0 Å². The highest BCUT2D eigenvalue weighted by Crippen LogP contribution is 2.29. The van der Waals surface area contributed by atoms with Gasteiger partial charge >= 0.3 is 5.97 Å². The summed E-state index contributed by atoms with van der Waals surface area (Å²) < 4.78 is 0.971. The maximum Gasteiger partial charge on any atom is 0.335 e. The van der Waals surface area contributed by atoms with Crippen LogP contribution in [0.1, 0.15) is 27.9 Å². The Morgan fingerprint density at radius 3 is 2.95 bits per heavy atom. The van der Waals surface area contributed by atoms with Crippen molar-refractivity contribution in [2.75, 3.05) is 11.4 Å². The zero-order chi connectivity index (χ0) is 14.8. The van der Waals surface area contributed by atoms with E-state index >= 15 is 0 Å². The molecule has 4 nitrogen and oxygen atoms in total. The molecule has 0 atom stereocenters. The van der Waals surface area contributed by atoms with Gasteiger partial charge in [-0.15, -0.1) is 0 Å². The Morgan fingerprint density at radius 1 is 1.33 bits per heavy atom. The van der Waals surface area contributed by atoms with Crippen molar-refractivity contribution in [1.82, 2.24) is 4.98 Å². The summed E-state index contributed by atoms with van der Waals surface area (Å²) >= 11 is 3.44. The van der Waals surface area contributed by atoms with E-state index in [2.05, 4.69) is 31.9 Å². The van der Waals surface area contributed by atoms with Gasteiger partial charge in [0, 0.05) is 35.6 Å². The quantitative estimate of drug-likeness (QED) is 0.924. The zero-order valence-corrected chi connectivity index (χ0v) is 13.0. The molecule has 3 rings (SSSR count). The molecule has 1 aliphatic heterocycles. The largest absolute Gasteiger partial charge is 0.478 e. The standard InChI is InChI=1S/C16H15BrN2O2/c17-14-6-11(8-18-9-14)10-19-5-1-2-12-7-13(16(20)21)3-4-15(12)19/h3-4,6-9H,1-2,5,10H2,(H,20,21). The number of carboxylic acid groups (broad SMARTS) is 1. The second-order valence-corrected chi connectivity index (χ2v) is 6.10. The fraction of sp³-hybridized carbons (Fsp3) is 0.250. The number of aromatic nitrogens is 1. The average molecular weight is 347 g/mol. The van der Waals surface area contributed by atoms with E-state index in [1.165, 1.54) is 0 Å². The number of carbonyl (C=O) groups is 1. The minimum atomic E-state index is -0.869. The molecule has 1 N–H and O–H groups in total. The van der Waals surface area contributed by atoms with Crippen LogP contribution in [-0.4, -0.2) is 22.6 Å². The molecule has 0 saturated heterocycles. The molecule has 0 fully saturated rings. The van der Waals surface area contributed by atoms with Gasteiger partial charge in [-0.05, 0) is 64.2 Å². The van der Waals surface area contributed by atoms with Crippen molar-refractivity contribution in [2.24, 2.45) is 0 Å². The summed E-state index contributed by atoms with van der Waals surface area (Å²) in [6.07, 6.45) is 5.61. The van der Waals surface area contributed by atoms with E-state index in [1.54, 1.807) is 18.3 Å². The van der Waals surface area contributed by atoms with Crippen molar-refractivity contribution < 1.29 is 9.90 Å². The number of aryl methyl sites for hydroxylation is 1. The smallest absolute Gasteiger partial charge is 0.335 e. The van der Waals surface area contributed by atoms with Crippen molar-refractivity contribution in [3.05, 3.63) is 57.8 Å². The third-order valence-electron chi connectivity index (χ3n) is 3.68. The molecule has 2 aromatic rings. The lowest BCUT2D eigenvalue weighted by Crippen LogP contribution is -2.29. The van der Waals surface area contributed by atoms with Crippen LogP contribution < -0.4 is 4.90 Å². The Labute approximate surface area is 131 Å². The summed E-state index contributed by atoms with van der Waals surface area (Å²) in [5, 5.41) is 9.09. The van der Waals surface area contributed by atoms with Gasteiger partial charge in [0.05, 0.1) is 5.56 Å². The third-order valence-corrected chi connectivity index (χ3v) is 4.11. The van der Waals surface area contributed by atoms with Gasteiger partial charge in [-0.2, -0.15) is 0 Å². The van der Waals surface area contributed by atoms with Crippen LogP contribution in [0.15, 0.2) is 41.1 Å². The Hall–Kier alpha value is -1.88. The lowest BCUT2D eigenvalue weighted by Gasteiger charge is -2.31. The lowest BCUT2D eigenvalue weighted by atomic mass is 9.99. The SMILES string of the molecule is O=C(O)c1ccc2c(c1)CCCN2Cc1cncc(Br)c1. The fourth-order valence-corrected chi connectivity index (χ4v) is 3.15. The molecule has 0 saturated carbocycles. The Kier molecular flexibility index (Phi) is 3.92. The van der Waals surface area contributed by atoms with E-state index in [9.17, 15) is 4.79 Å². The highest BCUT2D eigenvalue weighted by Gasteiger charge is 2.18. The number of fused-ring (bicyclic) bond motifs is 1. The van der Waals surface area contributed by atoms with Gasteiger partial charge in [-0.3, -0.25) is 4.98 Å². The van der Waals surface area contributed by atoms with Crippen LogP contribution in [0.25, 0.3) is 0 Å². The number of rotatable bonds is 3. The lowest BCUT2D eigenvalue weighted by molar-refractivity contribution is 0.0697. The first-order valence-electron chi connectivity index (χ1n) is 6.84. The Bertz CT molecular complexity index is 688. The molecule has 0 radical (unpaired) electrons. The molecule has 0 spiro atoms. The molecule has 5 heteroatoms. The summed E-state index contributed by atoms with van der Waals surface area (Å²) in [6.45, 7) is 1.76. The number of halogens is 1. The minimum absolute atomic E-state index is 0.361. The van der Waals surface area contributed by atoms with E-state index in [1.807, 2.05) is 12.3 Å². The van der Waals surface area contributed by atoms with Crippen LogP contribution in [0.2, 0.25) is 0 Å². The number of hydrogen-bond donors (Lipinski definition) is 1. The number of nitrogens with zero attached hydrogens (tertiary/aromatic N) is 2. The van der Waals surface area contributed by atoms with Crippen molar-refractivity contribution in [2.45, 2.75) is 19.4 Å². The molecule has 1 aliphatic rings. The van der Waals surface area contributed by atoms with Gasteiger partial charge in [0.15, 0.2) is 0 Å². The van der Waals surface area contributed by atoms with Crippen LogP contribution in [0.4, 0.5) is 5.69 Å². The summed E-state index contributed by atoms with van der Waals surface area (Å²) in [5.74, 6) is -0.869. The van der Waals surface area contributed by atoms with Gasteiger partial charge in [0.1, 0.15) is 0 Å². The Balaban J connectivity index is 1.88. The minimum Gasteiger partial charge on any atom is -0.478 e. The summed E-state index contributed by atoms with van der Waals surface area (Å²) in [6, 6.07) is 7.46. The van der Waals surface area contributed by atoms with Gasteiger partial charge in [-0.25, -0.2) is 4.79 Å². The Morgan fingerprint density at radius 2 is 2.19 bits per heavy atom. The van der Waals surface area contributed by atoms with Crippen LogP contribution in [0.5, 0.6) is 0 Å². The van der Waals surface area contributed by atoms with Crippen LogP contribution in [-0.2, 0) is 13.0 Å². The maximum absolute atomic E-state index is 11.1. The number of aromatic carboxylic acids is 1. The molecule has 1 aromatic heterocycles. The molecule has 21 heavy (non-hydrogen) atoms. The third kappa shape index (κ3) is 3.08. The first-order chi connectivity index (χ1) is 10.1. The number of carboxylic acids is 1. The van der Waals surface area contributed by atoms with Gasteiger partial charge in [-0.1, -0.05) is 0 Å². The molecule has 0 amide bonds. The molecule has 0 bridgehead atoms. The highest BCUT2D eigenvalue weighted by molar-refractivity contribution is 9.10. The van der Waals surface area contributed by atoms with Crippen LogP contribution in [0.3, 0.4) is 0 Å². The van der Waals surface area contributed by atoms with E-state index in [4.69, 9.17) is 5.11 Å². The van der Waals surface area contributed by atoms with E-state index < -0.39 is 5.97 Å². The molecule has 1 aromatic carbocycles. The van der Waals surface area contributed by atoms with E-state index in [0.717, 1.165) is 47.2 Å². The number of benzene rings is 1. The van der Waals surface area contributed by atoms with Crippen LogP contribution in [0, 0.1) is 0 Å². The summed E-state index contributed by atoms with van der Waals surface area (Å²) in [5.41, 5.74) is 3.74. The highest BCUT2D eigenvalue weighted by atomic mass is 79.9. The second-order valence-electron chi connectivity index (χ2n) is 5.19. The first kappa shape index (κ1) is 14.1. The fourth-order valence-electron chi connectivity index (χ4n) is 2.74. The van der Waals surface area contributed by atoms with Crippen molar-refractivity contribution in [3.63, 3.8) is 0 Å². The molecule has 2 heterocycles. The average Bonchev–Trinajstić information content (AvgIpc) is 2.47. The molecular weight excluding hydrogens is 332 g/mol. The predicted octanol–water partition coefficient (Wildman–Crippen LogP) is 3.50. The van der Waals surface area contributed by atoms with Gasteiger partial charge in [0.2, 0.25) is 0 Å². The van der Waals surface area contributed by atoms with Crippen molar-refractivity contribution in [1.29, 1.82) is 0 Å². The normalized spacial score (nSPS) is 13.9. The number of anilines is 1. The second kappa shape index (κ2) is 5.85. The van der Waals surface area contributed by atoms with Gasteiger partial charge in [0.25, 0.3) is 0 Å².